The van der Waals surface area contributed by atoms with Crippen LogP contribution in [0, 0.1) is 35.5 Å². The Bertz CT molecular complexity index is 1970. The van der Waals surface area contributed by atoms with E-state index in [1.165, 1.54) is 70.6 Å². The molecule has 488 valence electrons. The van der Waals surface area contributed by atoms with E-state index in [-0.39, 0.29) is 144 Å². The Kier molecular flexibility index (Phi) is 46.9. The highest BCUT2D eigenvalue weighted by Crippen LogP contribution is 2.33. The van der Waals surface area contributed by atoms with Gasteiger partial charge in [-0.05, 0) is 106 Å². The van der Waals surface area contributed by atoms with Gasteiger partial charge in [0, 0.05) is 57.2 Å². The topological polar surface area (TPSA) is 288 Å². The summed E-state index contributed by atoms with van der Waals surface area (Å²) in [5.41, 5.74) is 6.67. The third kappa shape index (κ3) is 42.5. The molecule has 5 atom stereocenters. The number of aromatic hydroxyl groups is 1. The number of hydrogen-bond donors (Lipinski definition) is 7. The minimum absolute atomic E-state index is 0.0265. The standard InChI is InChI=1S/C50H83N5O13.C16H32O/c1-5-7-8-9-10-45(58)54-32-38-11-15-39(16-12-38)49(62)55-44(50(63)64)19-20-46(59)52-21-23-65-26-28-68-34-47(60)53-22-24-66-25-27-67-33-42(57)31-43(35(3)6-2)36(4)29-40(48(51)61)30-37-13-17-41(56)18-14-37;1-3-4-5-6-7-8-9-10-11-12-13-14-15-16(2)17/h13-14,17-18,35-36,38-40,43-44,56H,5-12,15-16,19-34H2,1-4H3,(H2,51,61)(H,52,59)(H,53,60)(H,54,58)(H,55,62)(H,63,64);3-15H2,1-2H3/t35-,36?,38?,39?,40-,43?,44?;/m0./s1. The van der Waals surface area contributed by atoms with Crippen molar-refractivity contribution in [3.63, 3.8) is 0 Å². The zero-order valence-electron chi connectivity index (χ0n) is 53.3. The average Bonchev–Trinajstić information content (AvgIpc) is 3.69. The number of unbranched alkanes of at least 4 members (excludes halogenated alkanes) is 14. The van der Waals surface area contributed by atoms with Crippen LogP contribution in [0.15, 0.2) is 24.3 Å². The van der Waals surface area contributed by atoms with Crippen LogP contribution in [0.25, 0.3) is 0 Å². The first kappa shape index (κ1) is 78.0. The van der Waals surface area contributed by atoms with Crippen molar-refractivity contribution in [2.75, 3.05) is 72.5 Å². The van der Waals surface area contributed by atoms with Gasteiger partial charge in [0.25, 0.3) is 0 Å². The van der Waals surface area contributed by atoms with Gasteiger partial charge in [-0.1, -0.05) is 143 Å². The SMILES string of the molecule is CCCCCCC(=O)NCC1CCC(C(=O)NC(CCC(=O)NCCOCCOCC(=O)NCCOCCOCC(=O)CC(C(C)C[C@@H](Cc2ccc(O)cc2)C(N)=O)[C@@H](C)CC)C(=O)O)CC1.CCCCCCCCCCCCCCC(C)=O. The summed E-state index contributed by atoms with van der Waals surface area (Å²) in [5.74, 6) is -2.09. The summed E-state index contributed by atoms with van der Waals surface area (Å²) in [6.07, 6.45) is 26.7. The second-order valence-electron chi connectivity index (χ2n) is 23.6. The van der Waals surface area contributed by atoms with Gasteiger partial charge in [-0.3, -0.25) is 28.8 Å². The fourth-order valence-corrected chi connectivity index (χ4v) is 10.6. The molecule has 1 fully saturated rings. The molecule has 1 saturated carbocycles. The van der Waals surface area contributed by atoms with Gasteiger partial charge >= 0.3 is 5.97 Å². The number of phenols is 1. The van der Waals surface area contributed by atoms with E-state index in [0.29, 0.717) is 56.8 Å². The van der Waals surface area contributed by atoms with Gasteiger partial charge in [-0.15, -0.1) is 0 Å². The van der Waals surface area contributed by atoms with Crippen LogP contribution in [-0.4, -0.2) is 136 Å². The molecule has 19 heteroatoms. The Morgan fingerprint density at radius 1 is 0.600 bits per heavy atom. The number of rotatable bonds is 52. The zero-order chi connectivity index (χ0) is 62.9. The lowest BCUT2D eigenvalue weighted by molar-refractivity contribution is -0.143. The molecule has 19 nitrogen and oxygen atoms in total. The Morgan fingerprint density at radius 3 is 1.65 bits per heavy atom. The number of amides is 5. The van der Waals surface area contributed by atoms with E-state index >= 15 is 0 Å². The maximum Gasteiger partial charge on any atom is 0.326 e. The van der Waals surface area contributed by atoms with Crippen LogP contribution in [0.2, 0.25) is 0 Å². The van der Waals surface area contributed by atoms with Crippen LogP contribution in [0.4, 0.5) is 0 Å². The number of aliphatic carboxylic acids is 1. The predicted octanol–water partition coefficient (Wildman–Crippen LogP) is 9.89. The van der Waals surface area contributed by atoms with Crippen LogP contribution < -0.4 is 27.0 Å². The summed E-state index contributed by atoms with van der Waals surface area (Å²) >= 11 is 0. The molecule has 1 aromatic rings. The first-order valence-electron chi connectivity index (χ1n) is 32.6. The number of ether oxygens (including phenoxy) is 4. The number of carbonyl (C=O) groups is 8. The van der Waals surface area contributed by atoms with Gasteiger partial charge in [0.15, 0.2) is 5.78 Å². The van der Waals surface area contributed by atoms with Crippen LogP contribution in [0.3, 0.4) is 0 Å². The van der Waals surface area contributed by atoms with E-state index in [9.17, 15) is 48.6 Å². The van der Waals surface area contributed by atoms with E-state index in [0.717, 1.165) is 63.4 Å². The molecular weight excluding hydrogens is 1090 g/mol. The number of carboxylic acids is 1. The van der Waals surface area contributed by atoms with Crippen molar-refractivity contribution in [2.24, 2.45) is 41.2 Å². The number of nitrogens with two attached hydrogens (primary N) is 1. The lowest BCUT2D eigenvalue weighted by Gasteiger charge is -2.30. The third-order valence-corrected chi connectivity index (χ3v) is 16.1. The third-order valence-electron chi connectivity index (χ3n) is 16.1. The van der Waals surface area contributed by atoms with E-state index in [1.807, 2.05) is 0 Å². The highest BCUT2D eigenvalue weighted by molar-refractivity contribution is 5.86. The molecule has 0 aliphatic heterocycles. The summed E-state index contributed by atoms with van der Waals surface area (Å²) in [6.45, 7) is 14.4. The number of primary amides is 1. The minimum atomic E-state index is -1.20. The van der Waals surface area contributed by atoms with Gasteiger partial charge in [0.05, 0.1) is 39.6 Å². The molecule has 5 amide bonds. The van der Waals surface area contributed by atoms with Crippen molar-refractivity contribution >= 4 is 47.1 Å². The quantitative estimate of drug-likeness (QED) is 0.0299. The van der Waals surface area contributed by atoms with Crippen LogP contribution >= 0.6 is 0 Å². The molecule has 1 aromatic carbocycles. The molecule has 0 bridgehead atoms. The van der Waals surface area contributed by atoms with Crippen molar-refractivity contribution < 1.29 is 67.5 Å². The summed E-state index contributed by atoms with van der Waals surface area (Å²) in [5, 5.41) is 30.2. The van der Waals surface area contributed by atoms with E-state index in [1.54, 1.807) is 31.2 Å². The largest absolute Gasteiger partial charge is 0.508 e. The number of benzene rings is 1. The minimum Gasteiger partial charge on any atom is -0.508 e. The average molecular weight is 1200 g/mol. The first-order valence-corrected chi connectivity index (χ1v) is 32.6. The number of carboxylic acid groups (broad SMARTS) is 1. The molecule has 2 rings (SSSR count). The molecule has 0 aromatic heterocycles. The molecule has 0 radical (unpaired) electrons. The monoisotopic (exact) mass is 1200 g/mol. The summed E-state index contributed by atoms with van der Waals surface area (Å²) < 4.78 is 21.8. The molecule has 0 saturated heterocycles. The number of hydrogen-bond acceptors (Lipinski definition) is 13. The van der Waals surface area contributed by atoms with Gasteiger partial charge in [0.2, 0.25) is 29.5 Å². The Hall–Kier alpha value is -4.98. The maximum absolute atomic E-state index is 12.9. The van der Waals surface area contributed by atoms with Crippen molar-refractivity contribution in [1.82, 2.24) is 21.3 Å². The lowest BCUT2D eigenvalue weighted by atomic mass is 9.74. The molecule has 0 heterocycles. The molecule has 8 N–H and O–H groups in total. The maximum atomic E-state index is 12.9. The number of Topliss-reactive ketones (excluding diaryl/α,β-unsaturated/α-hetero) is 2. The highest BCUT2D eigenvalue weighted by Gasteiger charge is 2.31. The normalized spacial score (nSPS) is 15.7. The molecule has 0 spiro atoms. The van der Waals surface area contributed by atoms with Crippen molar-refractivity contribution in [1.29, 1.82) is 0 Å². The zero-order valence-corrected chi connectivity index (χ0v) is 53.3. The van der Waals surface area contributed by atoms with Crippen molar-refractivity contribution in [2.45, 2.75) is 227 Å². The number of ketones is 2. The van der Waals surface area contributed by atoms with Crippen LogP contribution in [0.5, 0.6) is 5.75 Å². The number of phenolic OH excluding ortho intramolecular Hbond substituents is 1. The summed E-state index contributed by atoms with van der Waals surface area (Å²) in [7, 11) is 0. The summed E-state index contributed by atoms with van der Waals surface area (Å²) in [4.78, 5) is 97.2. The van der Waals surface area contributed by atoms with E-state index in [4.69, 9.17) is 24.7 Å². The van der Waals surface area contributed by atoms with Gasteiger partial charge < -0.3 is 61.0 Å². The molecule has 3 unspecified atom stereocenters. The fraction of sp³-hybridized carbons (Fsp3) is 0.788. The fourth-order valence-electron chi connectivity index (χ4n) is 10.6. The Morgan fingerprint density at radius 2 is 1.11 bits per heavy atom. The van der Waals surface area contributed by atoms with Crippen LogP contribution in [0.1, 0.15) is 220 Å². The molecular formula is C66H115N5O14. The predicted molar refractivity (Wildman–Crippen MR) is 333 cm³/mol. The van der Waals surface area contributed by atoms with Gasteiger partial charge in [0.1, 0.15) is 30.8 Å². The molecule has 85 heavy (non-hydrogen) atoms. The van der Waals surface area contributed by atoms with Crippen molar-refractivity contribution in [3.8, 4) is 5.75 Å². The highest BCUT2D eigenvalue weighted by atomic mass is 16.5. The summed E-state index contributed by atoms with van der Waals surface area (Å²) in [6, 6.07) is 5.55. The smallest absolute Gasteiger partial charge is 0.326 e. The Labute approximate surface area is 510 Å². The van der Waals surface area contributed by atoms with E-state index in [2.05, 4.69) is 55.9 Å². The first-order chi connectivity index (χ1) is 40.9. The molecule has 1 aliphatic carbocycles. The number of carbonyl (C=O) groups excluding carboxylic acids is 7. The number of nitrogens with one attached hydrogen (secondary N) is 4. The van der Waals surface area contributed by atoms with Crippen molar-refractivity contribution in [3.05, 3.63) is 29.8 Å². The van der Waals surface area contributed by atoms with Gasteiger partial charge in [-0.2, -0.15) is 0 Å². The van der Waals surface area contributed by atoms with Crippen LogP contribution in [-0.2, 0) is 63.7 Å². The molecule has 1 aliphatic rings. The Balaban J connectivity index is 0.00000182. The lowest BCUT2D eigenvalue weighted by Crippen LogP contribution is -2.45. The second kappa shape index (κ2) is 51.1. The van der Waals surface area contributed by atoms with Gasteiger partial charge in [-0.25, -0.2) is 4.79 Å². The van der Waals surface area contributed by atoms with E-state index < -0.39 is 17.9 Å². The second-order valence-corrected chi connectivity index (χ2v) is 23.6.